The molecule has 6 nitrogen and oxygen atoms in total. The molecule has 0 aliphatic carbocycles. The summed E-state index contributed by atoms with van der Waals surface area (Å²) in [5, 5.41) is 12.7. The first-order valence-corrected chi connectivity index (χ1v) is 3.83. The molecule has 0 aliphatic rings. The van der Waals surface area contributed by atoms with Crippen LogP contribution in [0.25, 0.3) is 5.78 Å². The number of hydrogen-bond acceptors (Lipinski definition) is 5. The van der Waals surface area contributed by atoms with Crippen LogP contribution in [-0.2, 0) is 0 Å². The quantitative estimate of drug-likeness (QED) is 0.624. The number of nitrogens with two attached hydrogens (primary N) is 1. The van der Waals surface area contributed by atoms with Crippen LogP contribution >= 0.6 is 0 Å². The van der Waals surface area contributed by atoms with Crippen molar-refractivity contribution in [1.82, 2.24) is 19.6 Å². The van der Waals surface area contributed by atoms with Crippen molar-refractivity contribution in [3.63, 3.8) is 0 Å². The van der Waals surface area contributed by atoms with Gasteiger partial charge in [0.2, 0.25) is 0 Å². The molecule has 0 saturated carbocycles. The highest BCUT2D eigenvalue weighted by Gasteiger charge is 2.06. The van der Waals surface area contributed by atoms with Gasteiger partial charge in [-0.15, -0.1) is 0 Å². The van der Waals surface area contributed by atoms with Crippen molar-refractivity contribution in [2.24, 2.45) is 5.73 Å². The molecular weight excluding hydrogens is 170 g/mol. The summed E-state index contributed by atoms with van der Waals surface area (Å²) < 4.78 is 1.52. The Morgan fingerprint density at radius 3 is 3.15 bits per heavy atom. The van der Waals surface area contributed by atoms with Gasteiger partial charge >= 0.3 is 0 Å². The minimum Gasteiger partial charge on any atom is -0.394 e. The highest BCUT2D eigenvalue weighted by atomic mass is 16.3. The molecule has 1 unspecified atom stereocenters. The molecule has 2 rings (SSSR count). The van der Waals surface area contributed by atoms with Gasteiger partial charge in [-0.3, -0.25) is 0 Å². The van der Waals surface area contributed by atoms with Gasteiger partial charge in [-0.2, -0.15) is 10.1 Å². The third-order valence-electron chi connectivity index (χ3n) is 1.78. The Balaban J connectivity index is 2.48. The number of nitrogens with zero attached hydrogens (tertiary/aromatic N) is 4. The van der Waals surface area contributed by atoms with Crippen molar-refractivity contribution in [3.8, 4) is 0 Å². The lowest BCUT2D eigenvalue weighted by Crippen LogP contribution is -2.15. The van der Waals surface area contributed by atoms with Crippen LogP contribution in [-0.4, -0.2) is 31.3 Å². The highest BCUT2D eigenvalue weighted by Crippen LogP contribution is 2.07. The second kappa shape index (κ2) is 3.08. The Hall–Kier alpha value is -1.53. The average molecular weight is 179 g/mol. The number of aromatic nitrogens is 4. The normalized spacial score (nSPS) is 13.4. The molecule has 2 aromatic rings. The number of hydrogen-bond donors (Lipinski definition) is 2. The topological polar surface area (TPSA) is 89.3 Å². The number of fused-ring (bicyclic) bond motifs is 1. The fourth-order valence-corrected chi connectivity index (χ4v) is 1.03. The zero-order valence-electron chi connectivity index (χ0n) is 6.83. The Morgan fingerprint density at radius 1 is 1.54 bits per heavy atom. The van der Waals surface area contributed by atoms with E-state index in [1.807, 2.05) is 0 Å². The van der Waals surface area contributed by atoms with E-state index in [0.29, 0.717) is 5.78 Å². The first kappa shape index (κ1) is 8.09. The van der Waals surface area contributed by atoms with Crippen molar-refractivity contribution < 1.29 is 5.11 Å². The first-order chi connectivity index (χ1) is 6.31. The molecule has 0 aliphatic heterocycles. The standard InChI is InChI=1S/C7H9N5O/c8-6(3-13)5-1-9-7-10-4-11-12(7)2-5/h1-2,4,6,13H,3,8H2. The highest BCUT2D eigenvalue weighted by molar-refractivity contribution is 5.26. The van der Waals surface area contributed by atoms with Gasteiger partial charge in [0, 0.05) is 18.0 Å². The van der Waals surface area contributed by atoms with E-state index in [0.717, 1.165) is 5.56 Å². The van der Waals surface area contributed by atoms with Gasteiger partial charge in [0.25, 0.3) is 5.78 Å². The average Bonchev–Trinajstić information content (AvgIpc) is 2.63. The fourth-order valence-electron chi connectivity index (χ4n) is 1.03. The minimum absolute atomic E-state index is 0.109. The predicted octanol–water partition coefficient (Wildman–Crippen LogP) is -0.884. The molecule has 0 saturated heterocycles. The van der Waals surface area contributed by atoms with E-state index in [2.05, 4.69) is 15.1 Å². The minimum atomic E-state index is -0.416. The first-order valence-electron chi connectivity index (χ1n) is 3.83. The van der Waals surface area contributed by atoms with Gasteiger partial charge in [-0.1, -0.05) is 0 Å². The lowest BCUT2D eigenvalue weighted by molar-refractivity contribution is 0.267. The molecular formula is C7H9N5O. The van der Waals surface area contributed by atoms with Crippen molar-refractivity contribution in [1.29, 1.82) is 0 Å². The molecule has 3 N–H and O–H groups in total. The van der Waals surface area contributed by atoms with Crippen LogP contribution in [0.4, 0.5) is 0 Å². The van der Waals surface area contributed by atoms with E-state index in [9.17, 15) is 0 Å². The van der Waals surface area contributed by atoms with Gasteiger partial charge in [0.05, 0.1) is 12.6 Å². The van der Waals surface area contributed by atoms with Crippen LogP contribution in [0.5, 0.6) is 0 Å². The Morgan fingerprint density at radius 2 is 2.38 bits per heavy atom. The van der Waals surface area contributed by atoms with Gasteiger partial charge in [0.1, 0.15) is 6.33 Å². The van der Waals surface area contributed by atoms with E-state index < -0.39 is 6.04 Å². The third-order valence-corrected chi connectivity index (χ3v) is 1.78. The smallest absolute Gasteiger partial charge is 0.252 e. The molecule has 0 amide bonds. The summed E-state index contributed by atoms with van der Waals surface area (Å²) in [4.78, 5) is 7.89. The molecule has 0 aromatic carbocycles. The second-order valence-electron chi connectivity index (χ2n) is 2.68. The molecule has 6 heteroatoms. The predicted molar refractivity (Wildman–Crippen MR) is 44.8 cm³/mol. The van der Waals surface area contributed by atoms with E-state index in [1.54, 1.807) is 12.4 Å². The number of rotatable bonds is 2. The summed E-state index contributed by atoms with van der Waals surface area (Å²) >= 11 is 0. The maximum Gasteiger partial charge on any atom is 0.252 e. The Labute approximate surface area is 74.0 Å². The van der Waals surface area contributed by atoms with Crippen LogP contribution in [0, 0.1) is 0 Å². The molecule has 2 heterocycles. The maximum absolute atomic E-state index is 8.81. The van der Waals surface area contributed by atoms with Crippen LogP contribution in [0.3, 0.4) is 0 Å². The third kappa shape index (κ3) is 1.36. The van der Waals surface area contributed by atoms with Crippen molar-refractivity contribution >= 4 is 5.78 Å². The zero-order valence-corrected chi connectivity index (χ0v) is 6.83. The van der Waals surface area contributed by atoms with Crippen LogP contribution < -0.4 is 5.73 Å². The molecule has 68 valence electrons. The van der Waals surface area contributed by atoms with Gasteiger partial charge in [-0.25, -0.2) is 9.50 Å². The van der Waals surface area contributed by atoms with E-state index in [-0.39, 0.29) is 6.61 Å². The Bertz CT molecular complexity index is 412. The monoisotopic (exact) mass is 179 g/mol. The summed E-state index contributed by atoms with van der Waals surface area (Å²) in [6.07, 6.45) is 4.71. The lowest BCUT2D eigenvalue weighted by Gasteiger charge is -2.06. The molecule has 13 heavy (non-hydrogen) atoms. The summed E-state index contributed by atoms with van der Waals surface area (Å²) in [6.45, 7) is -0.109. The summed E-state index contributed by atoms with van der Waals surface area (Å²) in [6, 6.07) is -0.416. The van der Waals surface area contributed by atoms with E-state index in [1.165, 1.54) is 10.8 Å². The molecule has 0 spiro atoms. The van der Waals surface area contributed by atoms with Crippen LogP contribution in [0.1, 0.15) is 11.6 Å². The van der Waals surface area contributed by atoms with Crippen molar-refractivity contribution in [3.05, 3.63) is 24.3 Å². The van der Waals surface area contributed by atoms with Crippen LogP contribution in [0.15, 0.2) is 18.7 Å². The summed E-state index contributed by atoms with van der Waals surface area (Å²) in [5.41, 5.74) is 6.34. The molecule has 0 fully saturated rings. The zero-order chi connectivity index (χ0) is 9.26. The van der Waals surface area contributed by atoms with Gasteiger partial charge < -0.3 is 10.8 Å². The lowest BCUT2D eigenvalue weighted by atomic mass is 10.2. The van der Waals surface area contributed by atoms with Crippen molar-refractivity contribution in [2.75, 3.05) is 6.61 Å². The second-order valence-corrected chi connectivity index (χ2v) is 2.68. The summed E-state index contributed by atoms with van der Waals surface area (Å²) in [5.74, 6) is 0.522. The fraction of sp³-hybridized carbons (Fsp3) is 0.286. The SMILES string of the molecule is NC(CO)c1cnc2ncnn2c1. The number of aliphatic hydroxyl groups is 1. The van der Waals surface area contributed by atoms with Crippen molar-refractivity contribution in [2.45, 2.75) is 6.04 Å². The largest absolute Gasteiger partial charge is 0.394 e. The summed E-state index contributed by atoms with van der Waals surface area (Å²) in [7, 11) is 0. The number of aliphatic hydroxyl groups excluding tert-OH is 1. The van der Waals surface area contributed by atoms with E-state index in [4.69, 9.17) is 10.8 Å². The molecule has 0 radical (unpaired) electrons. The van der Waals surface area contributed by atoms with Gasteiger partial charge in [-0.05, 0) is 0 Å². The maximum atomic E-state index is 8.81. The van der Waals surface area contributed by atoms with Crippen LogP contribution in [0.2, 0.25) is 0 Å². The molecule has 2 aromatic heterocycles. The molecule has 1 atom stereocenters. The Kier molecular flexibility index (Phi) is 1.91. The van der Waals surface area contributed by atoms with Gasteiger partial charge in [0.15, 0.2) is 0 Å². The van der Waals surface area contributed by atoms with E-state index >= 15 is 0 Å². The molecule has 0 bridgehead atoms.